The Morgan fingerprint density at radius 2 is 1.91 bits per heavy atom. The standard InChI is InChI=1S/C24H15F3N4O/c1-2-23(32)31-19-7-16(6-18(9-19)24(25,26)27)15-3-4-22-20(8-15)21(13-30-22)17-5-14(10-28)11-29-12-17/h2-9,11-13,30H,1H2,(H,31,32). The highest BCUT2D eigenvalue weighted by Crippen LogP contribution is 2.37. The molecule has 0 aliphatic carbocycles. The molecule has 0 atom stereocenters. The van der Waals surface area contributed by atoms with Crippen molar-refractivity contribution in [2.45, 2.75) is 6.18 Å². The molecule has 1 amide bonds. The molecule has 4 rings (SSSR count). The number of hydrogen-bond donors (Lipinski definition) is 2. The maximum atomic E-state index is 13.5. The number of nitriles is 1. The summed E-state index contributed by atoms with van der Waals surface area (Å²) in [5.41, 5.74) is 2.59. The largest absolute Gasteiger partial charge is 0.416 e. The number of anilines is 1. The molecule has 2 N–H and O–H groups in total. The van der Waals surface area contributed by atoms with Gasteiger partial charge in [-0.15, -0.1) is 0 Å². The summed E-state index contributed by atoms with van der Waals surface area (Å²) in [4.78, 5) is 18.8. The first-order chi connectivity index (χ1) is 15.3. The predicted octanol–water partition coefficient (Wildman–Crippen LogP) is 5.91. The number of fused-ring (bicyclic) bond motifs is 1. The molecule has 4 aromatic rings. The molecule has 8 heteroatoms. The summed E-state index contributed by atoms with van der Waals surface area (Å²) in [5.74, 6) is -0.608. The SMILES string of the molecule is C=CC(=O)Nc1cc(-c2ccc3[nH]cc(-c4cncc(C#N)c4)c3c2)cc(C(F)(F)F)c1. The number of aromatic amines is 1. The molecule has 0 aliphatic heterocycles. The number of carbonyl (C=O) groups excluding carboxylic acids is 1. The molecule has 5 nitrogen and oxygen atoms in total. The number of halogens is 3. The molecule has 0 bridgehead atoms. The smallest absolute Gasteiger partial charge is 0.361 e. The zero-order chi connectivity index (χ0) is 22.9. The number of benzene rings is 2. The van der Waals surface area contributed by atoms with Crippen LogP contribution < -0.4 is 5.32 Å². The van der Waals surface area contributed by atoms with E-state index in [1.807, 2.05) is 6.07 Å². The summed E-state index contributed by atoms with van der Waals surface area (Å²) in [6.07, 6.45) is 1.22. The van der Waals surface area contributed by atoms with E-state index in [0.29, 0.717) is 16.7 Å². The van der Waals surface area contributed by atoms with Crippen LogP contribution in [0.3, 0.4) is 0 Å². The molecule has 0 spiro atoms. The summed E-state index contributed by atoms with van der Waals surface area (Å²) in [6.45, 7) is 3.32. The Hall–Kier alpha value is -4.38. The lowest BCUT2D eigenvalue weighted by Gasteiger charge is -2.13. The molecule has 0 aliphatic rings. The van der Waals surface area contributed by atoms with Gasteiger partial charge in [0.25, 0.3) is 0 Å². The fourth-order valence-electron chi connectivity index (χ4n) is 3.41. The highest BCUT2D eigenvalue weighted by molar-refractivity contribution is 6.00. The van der Waals surface area contributed by atoms with Gasteiger partial charge < -0.3 is 10.3 Å². The Labute approximate surface area is 180 Å². The van der Waals surface area contributed by atoms with Crippen LogP contribution >= 0.6 is 0 Å². The van der Waals surface area contributed by atoms with Crippen molar-refractivity contribution < 1.29 is 18.0 Å². The zero-order valence-electron chi connectivity index (χ0n) is 16.5. The Kier molecular flexibility index (Phi) is 5.24. The quantitative estimate of drug-likeness (QED) is 0.393. The van der Waals surface area contributed by atoms with Gasteiger partial charge in [-0.25, -0.2) is 0 Å². The summed E-state index contributed by atoms with van der Waals surface area (Å²) in [6, 6.07) is 12.3. The lowest BCUT2D eigenvalue weighted by molar-refractivity contribution is -0.137. The maximum absolute atomic E-state index is 13.5. The van der Waals surface area contributed by atoms with Crippen molar-refractivity contribution in [3.63, 3.8) is 0 Å². The van der Waals surface area contributed by atoms with Gasteiger partial charge in [-0.1, -0.05) is 12.6 Å². The number of aromatic nitrogens is 2. The predicted molar refractivity (Wildman–Crippen MR) is 116 cm³/mol. The average Bonchev–Trinajstić information content (AvgIpc) is 3.21. The van der Waals surface area contributed by atoms with Gasteiger partial charge in [0.05, 0.1) is 11.1 Å². The van der Waals surface area contributed by atoms with E-state index < -0.39 is 17.6 Å². The summed E-state index contributed by atoms with van der Waals surface area (Å²) >= 11 is 0. The van der Waals surface area contributed by atoms with Crippen molar-refractivity contribution in [3.05, 3.63) is 84.8 Å². The molecular weight excluding hydrogens is 417 g/mol. The fraction of sp³-hybridized carbons (Fsp3) is 0.0417. The van der Waals surface area contributed by atoms with Gasteiger partial charge in [0.15, 0.2) is 0 Å². The van der Waals surface area contributed by atoms with E-state index in [2.05, 4.69) is 21.9 Å². The molecule has 158 valence electrons. The van der Waals surface area contributed by atoms with Crippen molar-refractivity contribution in [1.82, 2.24) is 9.97 Å². The van der Waals surface area contributed by atoms with Crippen LogP contribution in [0.5, 0.6) is 0 Å². The number of nitrogens with one attached hydrogen (secondary N) is 2. The number of alkyl halides is 3. The number of carbonyl (C=O) groups is 1. The van der Waals surface area contributed by atoms with E-state index in [4.69, 9.17) is 5.26 Å². The zero-order valence-corrected chi connectivity index (χ0v) is 16.5. The minimum Gasteiger partial charge on any atom is -0.361 e. The normalized spacial score (nSPS) is 11.2. The van der Waals surface area contributed by atoms with E-state index >= 15 is 0 Å². The molecule has 0 unspecified atom stereocenters. The van der Waals surface area contributed by atoms with Gasteiger partial charge in [-0.05, 0) is 53.6 Å². The van der Waals surface area contributed by atoms with E-state index in [1.54, 1.807) is 36.7 Å². The Balaban J connectivity index is 1.86. The minimum absolute atomic E-state index is 0.0139. The second-order valence-corrected chi connectivity index (χ2v) is 7.03. The molecule has 0 radical (unpaired) electrons. The molecule has 2 aromatic carbocycles. The van der Waals surface area contributed by atoms with Crippen LogP contribution in [0.1, 0.15) is 11.1 Å². The Morgan fingerprint density at radius 3 is 2.62 bits per heavy atom. The second-order valence-electron chi connectivity index (χ2n) is 7.03. The van der Waals surface area contributed by atoms with Gasteiger partial charge in [-0.3, -0.25) is 9.78 Å². The van der Waals surface area contributed by atoms with Gasteiger partial charge in [0.1, 0.15) is 6.07 Å². The third-order valence-electron chi connectivity index (χ3n) is 4.91. The van der Waals surface area contributed by atoms with Crippen molar-refractivity contribution in [2.24, 2.45) is 0 Å². The number of hydrogen-bond acceptors (Lipinski definition) is 3. The van der Waals surface area contributed by atoms with Gasteiger partial charge >= 0.3 is 6.18 Å². The summed E-state index contributed by atoms with van der Waals surface area (Å²) < 4.78 is 40.4. The lowest BCUT2D eigenvalue weighted by atomic mass is 9.98. The number of pyridine rings is 1. The van der Waals surface area contributed by atoms with Crippen molar-refractivity contribution in [2.75, 3.05) is 5.32 Å². The van der Waals surface area contributed by atoms with E-state index in [9.17, 15) is 18.0 Å². The molecule has 32 heavy (non-hydrogen) atoms. The first kappa shape index (κ1) is 20.9. The molecule has 2 aromatic heterocycles. The Bertz CT molecular complexity index is 1400. The Morgan fingerprint density at radius 1 is 1.09 bits per heavy atom. The molecule has 0 saturated carbocycles. The fourth-order valence-corrected chi connectivity index (χ4v) is 3.41. The van der Waals surface area contributed by atoms with Gasteiger partial charge in [-0.2, -0.15) is 18.4 Å². The van der Waals surface area contributed by atoms with Gasteiger partial charge in [0.2, 0.25) is 5.91 Å². The summed E-state index contributed by atoms with van der Waals surface area (Å²) in [5, 5.41) is 12.3. The van der Waals surface area contributed by atoms with Crippen LogP contribution in [0.4, 0.5) is 18.9 Å². The number of amides is 1. The maximum Gasteiger partial charge on any atom is 0.416 e. The van der Waals surface area contributed by atoms with Crippen LogP contribution in [0.25, 0.3) is 33.2 Å². The first-order valence-electron chi connectivity index (χ1n) is 9.41. The monoisotopic (exact) mass is 432 g/mol. The van der Waals surface area contributed by atoms with Crippen LogP contribution in [0.15, 0.2) is 73.7 Å². The average molecular weight is 432 g/mol. The third-order valence-corrected chi connectivity index (χ3v) is 4.91. The van der Waals surface area contributed by atoms with Crippen LogP contribution in [-0.4, -0.2) is 15.9 Å². The lowest BCUT2D eigenvalue weighted by Crippen LogP contribution is -2.10. The van der Waals surface area contributed by atoms with E-state index in [-0.39, 0.29) is 11.3 Å². The molecule has 2 heterocycles. The molecule has 0 saturated heterocycles. The third kappa shape index (κ3) is 4.09. The first-order valence-corrected chi connectivity index (χ1v) is 9.41. The highest BCUT2D eigenvalue weighted by Gasteiger charge is 2.31. The van der Waals surface area contributed by atoms with Crippen molar-refractivity contribution in [3.8, 4) is 28.3 Å². The van der Waals surface area contributed by atoms with Crippen LogP contribution in [-0.2, 0) is 11.0 Å². The summed E-state index contributed by atoms with van der Waals surface area (Å²) in [7, 11) is 0. The molecular formula is C24H15F3N4O. The second kappa shape index (κ2) is 8.04. The van der Waals surface area contributed by atoms with Crippen molar-refractivity contribution >= 4 is 22.5 Å². The van der Waals surface area contributed by atoms with E-state index in [0.717, 1.165) is 34.7 Å². The van der Waals surface area contributed by atoms with Crippen LogP contribution in [0.2, 0.25) is 0 Å². The number of H-pyrrole nitrogens is 1. The van der Waals surface area contributed by atoms with Crippen molar-refractivity contribution in [1.29, 1.82) is 5.26 Å². The number of rotatable bonds is 4. The minimum atomic E-state index is -4.59. The highest BCUT2D eigenvalue weighted by atomic mass is 19.4. The van der Waals surface area contributed by atoms with Crippen LogP contribution in [0, 0.1) is 11.3 Å². The van der Waals surface area contributed by atoms with E-state index in [1.165, 1.54) is 12.3 Å². The molecule has 0 fully saturated rings. The number of nitrogens with zero attached hydrogens (tertiary/aromatic N) is 2. The van der Waals surface area contributed by atoms with Gasteiger partial charge in [0, 0.05) is 46.3 Å². The topological polar surface area (TPSA) is 81.6 Å².